The van der Waals surface area contributed by atoms with Crippen LogP contribution in [0.4, 0.5) is 20.5 Å². The Hall–Kier alpha value is -2.48. The van der Waals surface area contributed by atoms with Gasteiger partial charge in [0.2, 0.25) is 5.95 Å². The van der Waals surface area contributed by atoms with Crippen molar-refractivity contribution >= 4 is 29.3 Å². The highest BCUT2D eigenvalue weighted by atomic mass is 35.5. The minimum atomic E-state index is -1.02. The lowest BCUT2D eigenvalue weighted by Crippen LogP contribution is -2.34. The number of hydrogen-bond acceptors (Lipinski definition) is 5. The first-order valence-corrected chi connectivity index (χ1v) is 12.0. The van der Waals surface area contributed by atoms with Crippen molar-refractivity contribution in [3.05, 3.63) is 45.6 Å². The van der Waals surface area contributed by atoms with Crippen molar-refractivity contribution in [2.75, 3.05) is 30.9 Å². The van der Waals surface area contributed by atoms with Crippen molar-refractivity contribution in [1.82, 2.24) is 15.3 Å². The van der Waals surface area contributed by atoms with E-state index in [-0.39, 0.29) is 11.6 Å². The smallest absolute Gasteiger partial charge is 0.254 e. The molecule has 1 fully saturated rings. The van der Waals surface area contributed by atoms with Crippen LogP contribution >= 0.6 is 11.6 Å². The topological polar surface area (TPSA) is 70.2 Å². The van der Waals surface area contributed by atoms with E-state index in [0.29, 0.717) is 18.4 Å². The van der Waals surface area contributed by atoms with Crippen LogP contribution in [0.5, 0.6) is 0 Å². The third-order valence-corrected chi connectivity index (χ3v) is 6.94. The highest BCUT2D eigenvalue weighted by Crippen LogP contribution is 2.30. The molecule has 33 heavy (non-hydrogen) atoms. The minimum absolute atomic E-state index is 0.238. The number of anilines is 2. The van der Waals surface area contributed by atoms with Crippen LogP contribution in [0.3, 0.4) is 0 Å². The lowest BCUT2D eigenvalue weighted by atomic mass is 9.86. The van der Waals surface area contributed by atoms with Gasteiger partial charge in [0.1, 0.15) is 16.7 Å². The molecule has 0 unspecified atom stereocenters. The van der Waals surface area contributed by atoms with Gasteiger partial charge in [0.05, 0.1) is 11.3 Å². The van der Waals surface area contributed by atoms with Gasteiger partial charge in [-0.15, -0.1) is 0 Å². The van der Waals surface area contributed by atoms with E-state index in [2.05, 4.69) is 15.5 Å². The standard InChI is InChI=1S/C24H30ClF2N5O/c1-32(2)22-16-5-3-4-6-19(16)30-24(31-22)29-15-9-7-14(8-10-15)13-28-23(33)17-11-12-18(26)20(25)21(17)27/h11-12,14-15H,3-10,13H2,1-2H3,(H,28,33)(H,29,30,31). The molecule has 1 aromatic carbocycles. The summed E-state index contributed by atoms with van der Waals surface area (Å²) in [4.78, 5) is 24.0. The number of amides is 1. The monoisotopic (exact) mass is 477 g/mol. The van der Waals surface area contributed by atoms with Crippen molar-refractivity contribution in [2.24, 2.45) is 5.92 Å². The van der Waals surface area contributed by atoms with Crippen LogP contribution in [-0.4, -0.2) is 42.6 Å². The van der Waals surface area contributed by atoms with Gasteiger partial charge in [-0.2, -0.15) is 4.98 Å². The maximum atomic E-state index is 14.1. The number of nitrogens with zero attached hydrogens (tertiary/aromatic N) is 3. The molecule has 2 N–H and O–H groups in total. The largest absolute Gasteiger partial charge is 0.362 e. The molecule has 0 atom stereocenters. The molecule has 2 aromatic rings. The van der Waals surface area contributed by atoms with Gasteiger partial charge in [0.15, 0.2) is 5.82 Å². The summed E-state index contributed by atoms with van der Waals surface area (Å²) in [5.41, 5.74) is 2.19. The predicted octanol–water partition coefficient (Wildman–Crippen LogP) is 4.75. The molecule has 1 saturated carbocycles. The zero-order valence-corrected chi connectivity index (χ0v) is 19.8. The second-order valence-electron chi connectivity index (χ2n) is 9.19. The minimum Gasteiger partial charge on any atom is -0.362 e. The summed E-state index contributed by atoms with van der Waals surface area (Å²) in [5.74, 6) is -0.478. The highest BCUT2D eigenvalue weighted by Gasteiger charge is 2.25. The molecule has 2 aliphatic carbocycles. The van der Waals surface area contributed by atoms with Crippen molar-refractivity contribution in [1.29, 1.82) is 0 Å². The van der Waals surface area contributed by atoms with E-state index in [4.69, 9.17) is 21.6 Å². The van der Waals surface area contributed by atoms with E-state index in [9.17, 15) is 13.6 Å². The van der Waals surface area contributed by atoms with Gasteiger partial charge in [0.25, 0.3) is 5.91 Å². The number of fused-ring (bicyclic) bond motifs is 1. The van der Waals surface area contributed by atoms with Crippen LogP contribution in [0.1, 0.15) is 60.1 Å². The van der Waals surface area contributed by atoms with E-state index in [1.165, 1.54) is 18.4 Å². The molecule has 178 valence electrons. The molecular weight excluding hydrogens is 448 g/mol. The van der Waals surface area contributed by atoms with E-state index in [1.807, 2.05) is 14.1 Å². The van der Waals surface area contributed by atoms with Gasteiger partial charge in [0, 0.05) is 32.2 Å². The maximum Gasteiger partial charge on any atom is 0.254 e. The van der Waals surface area contributed by atoms with E-state index in [0.717, 1.165) is 62.2 Å². The first-order chi connectivity index (χ1) is 15.8. The average Bonchev–Trinajstić information content (AvgIpc) is 2.81. The van der Waals surface area contributed by atoms with E-state index in [1.54, 1.807) is 0 Å². The van der Waals surface area contributed by atoms with Crippen molar-refractivity contribution < 1.29 is 13.6 Å². The molecule has 0 radical (unpaired) electrons. The normalized spacial score (nSPS) is 20.2. The van der Waals surface area contributed by atoms with Crippen LogP contribution in [0.15, 0.2) is 12.1 Å². The molecule has 0 saturated heterocycles. The third kappa shape index (κ3) is 5.37. The molecule has 0 aliphatic heterocycles. The molecule has 1 amide bonds. The Morgan fingerprint density at radius 2 is 1.85 bits per heavy atom. The SMILES string of the molecule is CN(C)c1nc(NC2CCC(CNC(=O)c3ccc(F)c(Cl)c3F)CC2)nc2c1CCCC2. The van der Waals surface area contributed by atoms with Crippen LogP contribution in [0, 0.1) is 17.6 Å². The quantitative estimate of drug-likeness (QED) is 0.587. The van der Waals surface area contributed by atoms with E-state index < -0.39 is 22.6 Å². The van der Waals surface area contributed by atoms with Crippen LogP contribution in [0.2, 0.25) is 5.02 Å². The van der Waals surface area contributed by atoms with Gasteiger partial charge in [-0.05, 0) is 69.4 Å². The Labute approximate surface area is 198 Å². The summed E-state index contributed by atoms with van der Waals surface area (Å²) in [5, 5.41) is 5.63. The second kappa shape index (κ2) is 10.2. The van der Waals surface area contributed by atoms with Crippen LogP contribution < -0.4 is 15.5 Å². The molecule has 0 bridgehead atoms. The third-order valence-electron chi connectivity index (χ3n) is 6.60. The summed E-state index contributed by atoms with van der Waals surface area (Å²) in [6, 6.07) is 2.40. The lowest BCUT2D eigenvalue weighted by Gasteiger charge is -2.30. The fourth-order valence-corrected chi connectivity index (χ4v) is 4.90. The summed E-state index contributed by atoms with van der Waals surface area (Å²) >= 11 is 5.57. The fraction of sp³-hybridized carbons (Fsp3) is 0.542. The van der Waals surface area contributed by atoms with Crippen LogP contribution in [-0.2, 0) is 12.8 Å². The average molecular weight is 478 g/mol. The highest BCUT2D eigenvalue weighted by molar-refractivity contribution is 6.31. The zero-order chi connectivity index (χ0) is 23.5. The summed E-state index contributed by atoms with van der Waals surface area (Å²) in [6.07, 6.45) is 8.12. The Balaban J connectivity index is 1.30. The number of halogens is 3. The Morgan fingerprint density at radius 1 is 1.12 bits per heavy atom. The maximum absolute atomic E-state index is 14.1. The molecular formula is C24H30ClF2N5O. The Kier molecular flexibility index (Phi) is 7.32. The second-order valence-corrected chi connectivity index (χ2v) is 9.57. The number of nitrogens with one attached hydrogen (secondary N) is 2. The van der Waals surface area contributed by atoms with E-state index >= 15 is 0 Å². The molecule has 9 heteroatoms. The lowest BCUT2D eigenvalue weighted by molar-refractivity contribution is 0.0939. The Morgan fingerprint density at radius 3 is 2.58 bits per heavy atom. The molecule has 6 nitrogen and oxygen atoms in total. The summed E-state index contributed by atoms with van der Waals surface area (Å²) < 4.78 is 27.4. The van der Waals surface area contributed by atoms with Gasteiger partial charge < -0.3 is 15.5 Å². The van der Waals surface area contributed by atoms with Gasteiger partial charge in [-0.1, -0.05) is 11.6 Å². The van der Waals surface area contributed by atoms with Crippen molar-refractivity contribution in [2.45, 2.75) is 57.4 Å². The molecule has 1 aromatic heterocycles. The van der Waals surface area contributed by atoms with Crippen molar-refractivity contribution in [3.8, 4) is 0 Å². The first kappa shape index (κ1) is 23.7. The molecule has 1 heterocycles. The molecule has 0 spiro atoms. The first-order valence-electron chi connectivity index (χ1n) is 11.6. The number of carbonyl (C=O) groups excluding carboxylic acids is 1. The van der Waals surface area contributed by atoms with Gasteiger partial charge in [-0.3, -0.25) is 4.79 Å². The number of aromatic nitrogens is 2. The van der Waals surface area contributed by atoms with Crippen molar-refractivity contribution in [3.63, 3.8) is 0 Å². The number of benzene rings is 1. The van der Waals surface area contributed by atoms with Gasteiger partial charge in [-0.25, -0.2) is 13.8 Å². The summed E-state index contributed by atoms with van der Waals surface area (Å²) in [7, 11) is 4.04. The summed E-state index contributed by atoms with van der Waals surface area (Å²) in [6.45, 7) is 0.445. The zero-order valence-electron chi connectivity index (χ0n) is 19.1. The van der Waals surface area contributed by atoms with Crippen LogP contribution in [0.25, 0.3) is 0 Å². The number of aryl methyl sites for hydroxylation is 1. The number of rotatable bonds is 6. The fourth-order valence-electron chi connectivity index (χ4n) is 4.74. The van der Waals surface area contributed by atoms with Gasteiger partial charge >= 0.3 is 0 Å². The number of hydrogen-bond donors (Lipinski definition) is 2. The predicted molar refractivity (Wildman–Crippen MR) is 126 cm³/mol. The number of carbonyl (C=O) groups is 1. The molecule has 2 aliphatic rings. The molecule has 4 rings (SSSR count). The Bertz CT molecular complexity index is 1020.